The fourth-order valence-electron chi connectivity index (χ4n) is 2.01. The highest BCUT2D eigenvalue weighted by molar-refractivity contribution is 5.53. The Bertz CT molecular complexity index is 638. The van der Waals surface area contributed by atoms with E-state index in [1.165, 1.54) is 19.2 Å². The Morgan fingerprint density at radius 1 is 1.50 bits per heavy atom. The van der Waals surface area contributed by atoms with Crippen molar-refractivity contribution in [3.8, 4) is 11.4 Å². The van der Waals surface area contributed by atoms with Crippen molar-refractivity contribution in [2.75, 3.05) is 7.11 Å². The molecule has 0 radical (unpaired) electrons. The summed E-state index contributed by atoms with van der Waals surface area (Å²) in [6.07, 6.45) is 0.680. The van der Waals surface area contributed by atoms with Gasteiger partial charge in [0, 0.05) is 12.6 Å². The molecule has 8 heteroatoms. The quantitative estimate of drug-likeness (QED) is 0.649. The predicted molar refractivity (Wildman–Crippen MR) is 71.8 cm³/mol. The number of nitro benzene ring substituents is 1. The van der Waals surface area contributed by atoms with E-state index in [2.05, 4.69) is 10.3 Å². The van der Waals surface area contributed by atoms with Crippen LogP contribution in [0.3, 0.4) is 0 Å². The minimum absolute atomic E-state index is 0.114. The van der Waals surface area contributed by atoms with E-state index in [0.29, 0.717) is 17.8 Å². The van der Waals surface area contributed by atoms with E-state index in [-0.39, 0.29) is 18.0 Å². The molecule has 0 aliphatic heterocycles. The normalized spacial score (nSPS) is 10.6. The van der Waals surface area contributed by atoms with Crippen molar-refractivity contribution >= 4 is 5.69 Å². The summed E-state index contributed by atoms with van der Waals surface area (Å²) in [7, 11) is 1.39. The second kappa shape index (κ2) is 5.66. The van der Waals surface area contributed by atoms with E-state index in [1.807, 2.05) is 6.92 Å². The molecule has 0 amide bonds. The Kier molecular flexibility index (Phi) is 3.94. The zero-order valence-corrected chi connectivity index (χ0v) is 11.2. The van der Waals surface area contributed by atoms with Crippen molar-refractivity contribution in [2.45, 2.75) is 19.9 Å². The van der Waals surface area contributed by atoms with E-state index in [4.69, 9.17) is 10.5 Å². The lowest BCUT2D eigenvalue weighted by Gasteiger charge is -2.07. The Labute approximate surface area is 115 Å². The Balaban J connectivity index is 2.56. The highest BCUT2D eigenvalue weighted by Gasteiger charge is 2.18. The third kappa shape index (κ3) is 2.32. The minimum Gasteiger partial charge on any atom is -0.490 e. The standard InChI is InChI=1S/C12H15N5O3/c1-3-10-9(7-13)14-15-16(10)8-4-5-12(20-2)11(6-8)17(18)19/h4-6H,3,7,13H2,1-2H3. The molecule has 1 aromatic heterocycles. The maximum atomic E-state index is 11.0. The molecule has 2 aromatic rings. The summed E-state index contributed by atoms with van der Waals surface area (Å²) >= 11 is 0. The molecule has 20 heavy (non-hydrogen) atoms. The number of rotatable bonds is 5. The molecule has 106 valence electrons. The molecule has 0 bridgehead atoms. The molecular weight excluding hydrogens is 262 g/mol. The maximum absolute atomic E-state index is 11.0. The summed E-state index contributed by atoms with van der Waals surface area (Å²) < 4.78 is 6.54. The maximum Gasteiger partial charge on any atom is 0.313 e. The van der Waals surface area contributed by atoms with Gasteiger partial charge < -0.3 is 10.5 Å². The molecule has 0 saturated heterocycles. The third-order valence-corrected chi connectivity index (χ3v) is 2.98. The van der Waals surface area contributed by atoms with Crippen molar-refractivity contribution in [2.24, 2.45) is 5.73 Å². The first-order chi connectivity index (χ1) is 9.62. The van der Waals surface area contributed by atoms with Gasteiger partial charge in [0.2, 0.25) is 0 Å². The van der Waals surface area contributed by atoms with Gasteiger partial charge in [-0.15, -0.1) is 5.10 Å². The Morgan fingerprint density at radius 2 is 2.25 bits per heavy atom. The van der Waals surface area contributed by atoms with Gasteiger partial charge in [-0.2, -0.15) is 0 Å². The number of benzene rings is 1. The van der Waals surface area contributed by atoms with Crippen LogP contribution in [0.15, 0.2) is 18.2 Å². The van der Waals surface area contributed by atoms with E-state index in [9.17, 15) is 10.1 Å². The van der Waals surface area contributed by atoms with Crippen molar-refractivity contribution in [1.82, 2.24) is 15.0 Å². The molecule has 0 unspecified atom stereocenters. The summed E-state index contributed by atoms with van der Waals surface area (Å²) in [6.45, 7) is 2.23. The highest BCUT2D eigenvalue weighted by atomic mass is 16.6. The predicted octanol–water partition coefficient (Wildman–Crippen LogP) is 1.21. The molecule has 2 N–H and O–H groups in total. The Morgan fingerprint density at radius 3 is 2.80 bits per heavy atom. The van der Waals surface area contributed by atoms with Crippen LogP contribution >= 0.6 is 0 Å². The molecule has 2 rings (SSSR count). The number of hydrogen-bond acceptors (Lipinski definition) is 6. The van der Waals surface area contributed by atoms with Crippen LogP contribution in [-0.4, -0.2) is 27.0 Å². The van der Waals surface area contributed by atoms with Gasteiger partial charge in [-0.1, -0.05) is 12.1 Å². The van der Waals surface area contributed by atoms with Crippen LogP contribution in [0.25, 0.3) is 5.69 Å². The number of ether oxygens (including phenoxy) is 1. The van der Waals surface area contributed by atoms with Crippen LogP contribution < -0.4 is 10.5 Å². The summed E-state index contributed by atoms with van der Waals surface area (Å²) in [6, 6.07) is 4.64. The van der Waals surface area contributed by atoms with E-state index in [1.54, 1.807) is 10.7 Å². The summed E-state index contributed by atoms with van der Waals surface area (Å²) in [4.78, 5) is 10.5. The molecule has 1 aromatic carbocycles. The minimum atomic E-state index is -0.491. The highest BCUT2D eigenvalue weighted by Crippen LogP contribution is 2.29. The van der Waals surface area contributed by atoms with Gasteiger partial charge in [-0.3, -0.25) is 10.1 Å². The molecular formula is C12H15N5O3. The van der Waals surface area contributed by atoms with E-state index in [0.717, 1.165) is 5.69 Å². The van der Waals surface area contributed by atoms with Crippen LogP contribution in [0, 0.1) is 10.1 Å². The third-order valence-electron chi connectivity index (χ3n) is 2.98. The van der Waals surface area contributed by atoms with Gasteiger partial charge >= 0.3 is 5.69 Å². The van der Waals surface area contributed by atoms with Crippen molar-refractivity contribution in [3.63, 3.8) is 0 Å². The Hall–Kier alpha value is -2.48. The number of nitrogens with zero attached hydrogens (tertiary/aromatic N) is 4. The zero-order valence-electron chi connectivity index (χ0n) is 11.2. The van der Waals surface area contributed by atoms with Crippen molar-refractivity contribution < 1.29 is 9.66 Å². The van der Waals surface area contributed by atoms with E-state index < -0.39 is 4.92 Å². The van der Waals surface area contributed by atoms with E-state index >= 15 is 0 Å². The first-order valence-electron chi connectivity index (χ1n) is 6.08. The SMILES string of the molecule is CCc1c(CN)nnn1-c1ccc(OC)c([N+](=O)[O-])c1. The molecule has 0 aliphatic rings. The van der Waals surface area contributed by atoms with Gasteiger partial charge in [0.15, 0.2) is 5.75 Å². The zero-order chi connectivity index (χ0) is 14.7. The largest absolute Gasteiger partial charge is 0.490 e. The number of aromatic nitrogens is 3. The lowest BCUT2D eigenvalue weighted by molar-refractivity contribution is -0.385. The second-order valence-electron chi connectivity index (χ2n) is 4.07. The van der Waals surface area contributed by atoms with Crippen molar-refractivity contribution in [3.05, 3.63) is 39.7 Å². The number of methoxy groups -OCH3 is 1. The monoisotopic (exact) mass is 277 g/mol. The summed E-state index contributed by atoms with van der Waals surface area (Å²) in [5, 5.41) is 19.0. The van der Waals surface area contributed by atoms with Crippen LogP contribution in [0.4, 0.5) is 5.69 Å². The topological polar surface area (TPSA) is 109 Å². The van der Waals surface area contributed by atoms with Crippen LogP contribution in [0.2, 0.25) is 0 Å². The fourth-order valence-corrected chi connectivity index (χ4v) is 2.01. The molecule has 8 nitrogen and oxygen atoms in total. The molecule has 0 saturated carbocycles. The number of nitro groups is 1. The molecule has 0 fully saturated rings. The number of hydrogen-bond donors (Lipinski definition) is 1. The lowest BCUT2D eigenvalue weighted by atomic mass is 10.2. The van der Waals surface area contributed by atoms with Gasteiger partial charge in [-0.05, 0) is 18.6 Å². The smallest absolute Gasteiger partial charge is 0.313 e. The average molecular weight is 277 g/mol. The average Bonchev–Trinajstić information content (AvgIpc) is 2.89. The fraction of sp³-hybridized carbons (Fsp3) is 0.333. The van der Waals surface area contributed by atoms with Crippen LogP contribution in [-0.2, 0) is 13.0 Å². The number of nitrogens with two attached hydrogens (primary N) is 1. The first kappa shape index (κ1) is 13.9. The second-order valence-corrected chi connectivity index (χ2v) is 4.07. The molecule has 1 heterocycles. The molecule has 0 spiro atoms. The molecule has 0 atom stereocenters. The molecule has 0 aliphatic carbocycles. The first-order valence-corrected chi connectivity index (χ1v) is 6.08. The van der Waals surface area contributed by atoms with Crippen molar-refractivity contribution in [1.29, 1.82) is 0 Å². The van der Waals surface area contributed by atoms with Gasteiger partial charge in [-0.25, -0.2) is 4.68 Å². The summed E-state index contributed by atoms with van der Waals surface area (Å²) in [5.41, 5.74) is 7.57. The van der Waals surface area contributed by atoms with Gasteiger partial charge in [0.05, 0.1) is 29.1 Å². The van der Waals surface area contributed by atoms with Crippen LogP contribution in [0.5, 0.6) is 5.75 Å². The summed E-state index contributed by atoms with van der Waals surface area (Å²) in [5.74, 6) is 0.205. The van der Waals surface area contributed by atoms with Gasteiger partial charge in [0.1, 0.15) is 0 Å². The lowest BCUT2D eigenvalue weighted by Crippen LogP contribution is -2.06. The van der Waals surface area contributed by atoms with Gasteiger partial charge in [0.25, 0.3) is 0 Å². The van der Waals surface area contributed by atoms with Crippen LogP contribution in [0.1, 0.15) is 18.3 Å².